The van der Waals surface area contributed by atoms with Crippen molar-refractivity contribution in [2.45, 2.75) is 180 Å². The molecular formula is C30H58O4. The van der Waals surface area contributed by atoms with Crippen molar-refractivity contribution in [2.24, 2.45) is 0 Å². The molecule has 0 aromatic heterocycles. The normalized spacial score (nSPS) is 12.1. The molecule has 0 aromatic carbocycles. The van der Waals surface area contributed by atoms with Gasteiger partial charge in [0.25, 0.3) is 0 Å². The number of esters is 1. The second-order valence-corrected chi connectivity index (χ2v) is 10.3. The van der Waals surface area contributed by atoms with Crippen molar-refractivity contribution in [2.75, 3.05) is 0 Å². The van der Waals surface area contributed by atoms with Crippen LogP contribution in [-0.4, -0.2) is 23.1 Å². The quantitative estimate of drug-likeness (QED) is 0.0934. The summed E-state index contributed by atoms with van der Waals surface area (Å²) in [6.07, 6.45) is 28.6. The van der Waals surface area contributed by atoms with E-state index < -0.39 is 5.97 Å². The molecule has 0 saturated heterocycles. The lowest BCUT2D eigenvalue weighted by Gasteiger charge is -2.18. The number of carbonyl (C=O) groups excluding carboxylic acids is 1. The molecule has 0 aliphatic carbocycles. The summed E-state index contributed by atoms with van der Waals surface area (Å²) in [5.74, 6) is -0.682. The summed E-state index contributed by atoms with van der Waals surface area (Å²) in [4.78, 5) is 22.8. The second-order valence-electron chi connectivity index (χ2n) is 10.3. The fourth-order valence-corrected chi connectivity index (χ4v) is 4.58. The molecule has 0 rings (SSSR count). The Morgan fingerprint density at radius 1 is 0.529 bits per heavy atom. The molecular weight excluding hydrogens is 424 g/mol. The van der Waals surface area contributed by atoms with Gasteiger partial charge in [-0.1, -0.05) is 129 Å². The second kappa shape index (κ2) is 26.5. The number of ether oxygens (including phenoxy) is 1. The highest BCUT2D eigenvalue weighted by Crippen LogP contribution is 2.17. The highest BCUT2D eigenvalue weighted by molar-refractivity contribution is 5.69. The molecule has 0 aromatic rings. The third kappa shape index (κ3) is 25.6. The molecule has 0 saturated carbocycles. The van der Waals surface area contributed by atoms with Gasteiger partial charge in [-0.3, -0.25) is 9.59 Å². The molecule has 4 nitrogen and oxygen atoms in total. The van der Waals surface area contributed by atoms with Crippen molar-refractivity contribution in [1.82, 2.24) is 0 Å². The fourth-order valence-electron chi connectivity index (χ4n) is 4.58. The standard InChI is InChI=1S/C30H58O4/c1-3-5-7-8-9-10-11-12-13-17-20-23-27-30(33)34-28(24-6-4-2)25-21-18-15-14-16-19-22-26-29(31)32/h28H,3-27H2,1-2H3,(H,31,32). The van der Waals surface area contributed by atoms with E-state index in [0.717, 1.165) is 64.2 Å². The van der Waals surface area contributed by atoms with Gasteiger partial charge in [-0.2, -0.15) is 0 Å². The Kier molecular flexibility index (Phi) is 25.7. The molecule has 4 heteroatoms. The summed E-state index contributed by atoms with van der Waals surface area (Å²) in [7, 11) is 0. The monoisotopic (exact) mass is 482 g/mol. The minimum absolute atomic E-state index is 0.00612. The maximum absolute atomic E-state index is 12.3. The van der Waals surface area contributed by atoms with Gasteiger partial charge in [0.05, 0.1) is 0 Å². The molecule has 1 atom stereocenters. The van der Waals surface area contributed by atoms with Crippen molar-refractivity contribution < 1.29 is 19.4 Å². The first-order valence-electron chi connectivity index (χ1n) is 15.0. The molecule has 34 heavy (non-hydrogen) atoms. The van der Waals surface area contributed by atoms with Gasteiger partial charge in [-0.15, -0.1) is 0 Å². The van der Waals surface area contributed by atoms with Crippen LogP contribution in [0, 0.1) is 0 Å². The predicted molar refractivity (Wildman–Crippen MR) is 144 cm³/mol. The van der Waals surface area contributed by atoms with E-state index in [9.17, 15) is 9.59 Å². The number of aliphatic carboxylic acids is 1. The van der Waals surface area contributed by atoms with Crippen LogP contribution in [-0.2, 0) is 14.3 Å². The smallest absolute Gasteiger partial charge is 0.306 e. The van der Waals surface area contributed by atoms with Gasteiger partial charge in [-0.25, -0.2) is 0 Å². The first-order chi connectivity index (χ1) is 16.6. The van der Waals surface area contributed by atoms with Crippen molar-refractivity contribution in [3.05, 3.63) is 0 Å². The molecule has 202 valence electrons. The van der Waals surface area contributed by atoms with Crippen LogP contribution in [0.25, 0.3) is 0 Å². The van der Waals surface area contributed by atoms with E-state index in [0.29, 0.717) is 12.8 Å². The largest absolute Gasteiger partial charge is 0.481 e. The molecule has 0 aliphatic heterocycles. The molecule has 1 N–H and O–H groups in total. The Morgan fingerprint density at radius 2 is 0.912 bits per heavy atom. The number of carboxylic acids is 1. The topological polar surface area (TPSA) is 63.6 Å². The van der Waals surface area contributed by atoms with E-state index in [1.807, 2.05) is 0 Å². The van der Waals surface area contributed by atoms with Crippen LogP contribution in [0.3, 0.4) is 0 Å². The summed E-state index contributed by atoms with van der Waals surface area (Å²) >= 11 is 0. The van der Waals surface area contributed by atoms with Gasteiger partial charge >= 0.3 is 11.9 Å². The number of hydrogen-bond acceptors (Lipinski definition) is 3. The Bertz CT molecular complexity index is 449. The van der Waals surface area contributed by atoms with Crippen molar-refractivity contribution in [3.8, 4) is 0 Å². The third-order valence-corrected chi connectivity index (χ3v) is 6.83. The Balaban J connectivity index is 3.68. The van der Waals surface area contributed by atoms with Crippen LogP contribution in [0.2, 0.25) is 0 Å². The number of rotatable bonds is 27. The molecule has 0 spiro atoms. The molecule has 0 amide bonds. The summed E-state index contributed by atoms with van der Waals surface area (Å²) in [5, 5.41) is 8.66. The van der Waals surface area contributed by atoms with E-state index >= 15 is 0 Å². The fraction of sp³-hybridized carbons (Fsp3) is 0.933. The van der Waals surface area contributed by atoms with Gasteiger partial charge < -0.3 is 9.84 Å². The highest BCUT2D eigenvalue weighted by atomic mass is 16.5. The van der Waals surface area contributed by atoms with E-state index in [2.05, 4.69) is 13.8 Å². The lowest BCUT2D eigenvalue weighted by atomic mass is 10.0. The first kappa shape index (κ1) is 32.9. The van der Waals surface area contributed by atoms with Crippen molar-refractivity contribution in [1.29, 1.82) is 0 Å². The van der Waals surface area contributed by atoms with E-state index in [1.165, 1.54) is 83.5 Å². The minimum Gasteiger partial charge on any atom is -0.481 e. The maximum Gasteiger partial charge on any atom is 0.306 e. The number of carbonyl (C=O) groups is 2. The lowest BCUT2D eigenvalue weighted by molar-refractivity contribution is -0.150. The van der Waals surface area contributed by atoms with Gasteiger partial charge in [0.15, 0.2) is 0 Å². The lowest BCUT2D eigenvalue weighted by Crippen LogP contribution is -2.18. The van der Waals surface area contributed by atoms with Crippen molar-refractivity contribution >= 4 is 11.9 Å². The summed E-state index contributed by atoms with van der Waals surface area (Å²) in [5.41, 5.74) is 0. The average Bonchev–Trinajstić information content (AvgIpc) is 2.81. The van der Waals surface area contributed by atoms with Gasteiger partial charge in [0.1, 0.15) is 6.10 Å². The Hall–Kier alpha value is -1.06. The molecule has 1 unspecified atom stereocenters. The first-order valence-corrected chi connectivity index (χ1v) is 15.0. The van der Waals surface area contributed by atoms with Crippen LogP contribution in [0.1, 0.15) is 174 Å². The third-order valence-electron chi connectivity index (χ3n) is 6.83. The maximum atomic E-state index is 12.3. The van der Waals surface area contributed by atoms with Crippen molar-refractivity contribution in [3.63, 3.8) is 0 Å². The number of unbranched alkanes of at least 4 members (excludes halogenated alkanes) is 18. The van der Waals surface area contributed by atoms with Crippen LogP contribution >= 0.6 is 0 Å². The van der Waals surface area contributed by atoms with Gasteiger partial charge in [0.2, 0.25) is 0 Å². The summed E-state index contributed by atoms with van der Waals surface area (Å²) < 4.78 is 5.84. The van der Waals surface area contributed by atoms with E-state index in [1.54, 1.807) is 0 Å². The Morgan fingerprint density at radius 3 is 1.38 bits per heavy atom. The molecule has 0 radical (unpaired) electrons. The van der Waals surface area contributed by atoms with Crippen LogP contribution in [0.5, 0.6) is 0 Å². The van der Waals surface area contributed by atoms with Gasteiger partial charge in [-0.05, 0) is 32.1 Å². The van der Waals surface area contributed by atoms with Crippen LogP contribution in [0.15, 0.2) is 0 Å². The number of hydrogen-bond donors (Lipinski definition) is 1. The van der Waals surface area contributed by atoms with E-state index in [4.69, 9.17) is 9.84 Å². The summed E-state index contributed by atoms with van der Waals surface area (Å²) in [6, 6.07) is 0. The highest BCUT2D eigenvalue weighted by Gasteiger charge is 2.13. The molecule has 0 aliphatic rings. The van der Waals surface area contributed by atoms with E-state index in [-0.39, 0.29) is 12.1 Å². The summed E-state index contributed by atoms with van der Waals surface area (Å²) in [6.45, 7) is 4.46. The van der Waals surface area contributed by atoms with Crippen LogP contribution in [0.4, 0.5) is 0 Å². The molecule has 0 heterocycles. The molecule has 0 bridgehead atoms. The Labute approximate surface area is 212 Å². The number of carboxylic acid groups (broad SMARTS) is 1. The molecule has 0 fully saturated rings. The van der Waals surface area contributed by atoms with Crippen LogP contribution < -0.4 is 0 Å². The minimum atomic E-state index is -0.688. The average molecular weight is 483 g/mol. The zero-order valence-electron chi connectivity index (χ0n) is 22.9. The predicted octanol–water partition coefficient (Wildman–Crippen LogP) is 9.78. The SMILES string of the molecule is CCCCCCCCCCCCCCC(=O)OC(CCCC)CCCCCCCCCC(=O)O. The van der Waals surface area contributed by atoms with Gasteiger partial charge in [0, 0.05) is 12.8 Å². The zero-order chi connectivity index (χ0) is 25.1. The zero-order valence-corrected chi connectivity index (χ0v) is 22.9.